The van der Waals surface area contributed by atoms with E-state index in [0.29, 0.717) is 12.1 Å². The van der Waals surface area contributed by atoms with Crippen LogP contribution in [0.5, 0.6) is 0 Å². The van der Waals surface area contributed by atoms with Gasteiger partial charge in [0.2, 0.25) is 7.28 Å². The van der Waals surface area contributed by atoms with Crippen LogP contribution in [0.2, 0.25) is 5.31 Å². The highest BCUT2D eigenvalue weighted by molar-refractivity contribution is 6.76. The fraction of sp³-hybridized carbons (Fsp3) is 0.833. The average molecular weight is 290 g/mol. The van der Waals surface area contributed by atoms with Gasteiger partial charge in [0.1, 0.15) is 0 Å². The predicted octanol–water partition coefficient (Wildman–Crippen LogP) is 4.48. The summed E-state index contributed by atoms with van der Waals surface area (Å²) in [7, 11) is 4.09. The maximum absolute atomic E-state index is 12.3. The van der Waals surface area contributed by atoms with Crippen LogP contribution in [0.4, 0.5) is 0 Å². The predicted molar refractivity (Wildman–Crippen MR) is 93.0 cm³/mol. The number of unbranched alkanes of at least 4 members (excludes halogenated alkanes) is 1. The number of hydrogen-bond donors (Lipinski definition) is 1. The Labute approximate surface area is 132 Å². The fourth-order valence-electron chi connectivity index (χ4n) is 3.52. The van der Waals surface area contributed by atoms with Crippen LogP contribution in [0.3, 0.4) is 0 Å². The molecule has 0 atom stereocenters. The van der Waals surface area contributed by atoms with Gasteiger partial charge in [-0.15, -0.1) is 6.58 Å². The van der Waals surface area contributed by atoms with Crippen LogP contribution < -0.4 is 5.32 Å². The molecule has 0 bridgehead atoms. The third kappa shape index (κ3) is 7.85. The minimum Gasteiger partial charge on any atom is -0.320 e. The van der Waals surface area contributed by atoms with Gasteiger partial charge in [0.05, 0.1) is 5.68 Å². The SMILES string of the molecule is C=CCCCC(=O)[B]C1(CNC)CCCCCCCCC1. The summed E-state index contributed by atoms with van der Waals surface area (Å²) in [6.45, 7) is 4.67. The van der Waals surface area contributed by atoms with Crippen molar-refractivity contribution in [3.63, 3.8) is 0 Å². The van der Waals surface area contributed by atoms with Gasteiger partial charge in [-0.05, 0) is 38.2 Å². The van der Waals surface area contributed by atoms with E-state index in [-0.39, 0.29) is 5.31 Å². The molecule has 21 heavy (non-hydrogen) atoms. The van der Waals surface area contributed by atoms with Crippen LogP contribution in [0.15, 0.2) is 12.7 Å². The molecule has 0 aromatic carbocycles. The summed E-state index contributed by atoms with van der Waals surface area (Å²) in [5.74, 6) is 0. The van der Waals surface area contributed by atoms with Crippen molar-refractivity contribution in [2.75, 3.05) is 13.6 Å². The molecule has 0 spiro atoms. The zero-order chi connectivity index (χ0) is 15.4. The van der Waals surface area contributed by atoms with Crippen molar-refractivity contribution >= 4 is 13.0 Å². The van der Waals surface area contributed by atoms with Crippen molar-refractivity contribution in [1.29, 1.82) is 0 Å². The molecule has 1 rings (SSSR count). The Balaban J connectivity index is 2.58. The van der Waals surface area contributed by atoms with E-state index < -0.39 is 0 Å². The van der Waals surface area contributed by atoms with Gasteiger partial charge in [0.25, 0.3) is 0 Å². The quantitative estimate of drug-likeness (QED) is 0.406. The van der Waals surface area contributed by atoms with Gasteiger partial charge >= 0.3 is 0 Å². The number of hydrogen-bond acceptors (Lipinski definition) is 2. The first-order chi connectivity index (χ1) is 10.2. The average Bonchev–Trinajstić information content (AvgIpc) is 2.46. The summed E-state index contributed by atoms with van der Waals surface area (Å²) in [6, 6.07) is 0. The summed E-state index contributed by atoms with van der Waals surface area (Å²) in [4.78, 5) is 12.3. The van der Waals surface area contributed by atoms with Gasteiger partial charge in [0.15, 0.2) is 0 Å². The number of nitrogens with one attached hydrogen (secondary N) is 1. The summed E-state index contributed by atoms with van der Waals surface area (Å²) < 4.78 is 0. The zero-order valence-corrected chi connectivity index (χ0v) is 14.0. The van der Waals surface area contributed by atoms with Gasteiger partial charge in [0, 0.05) is 0 Å². The zero-order valence-electron chi connectivity index (χ0n) is 14.0. The van der Waals surface area contributed by atoms with Crippen LogP contribution in [-0.4, -0.2) is 26.6 Å². The second-order valence-electron chi connectivity index (χ2n) is 6.66. The van der Waals surface area contributed by atoms with E-state index in [1.165, 1.54) is 57.8 Å². The highest BCUT2D eigenvalue weighted by atomic mass is 16.1. The van der Waals surface area contributed by atoms with Crippen molar-refractivity contribution in [3.05, 3.63) is 12.7 Å². The monoisotopic (exact) mass is 290 g/mol. The molecule has 1 fully saturated rings. The molecule has 3 heteroatoms. The van der Waals surface area contributed by atoms with E-state index in [1.54, 1.807) is 0 Å². The van der Waals surface area contributed by atoms with E-state index in [0.717, 1.165) is 19.4 Å². The van der Waals surface area contributed by atoms with Crippen LogP contribution in [-0.2, 0) is 4.79 Å². The van der Waals surface area contributed by atoms with Gasteiger partial charge in [-0.1, -0.05) is 63.9 Å². The number of allylic oxidation sites excluding steroid dienone is 1. The molecular formula is C18H33BNO. The molecule has 0 heterocycles. The first-order valence-electron chi connectivity index (χ1n) is 8.87. The van der Waals surface area contributed by atoms with Crippen LogP contribution in [0.25, 0.3) is 0 Å². The highest BCUT2D eigenvalue weighted by Gasteiger charge is 2.32. The summed E-state index contributed by atoms with van der Waals surface area (Å²) in [5, 5.41) is 3.43. The Kier molecular flexibility index (Phi) is 9.74. The summed E-state index contributed by atoms with van der Waals surface area (Å²) >= 11 is 0. The minimum absolute atomic E-state index is 0.0946. The fourth-order valence-corrected chi connectivity index (χ4v) is 3.52. The molecule has 0 aromatic heterocycles. The van der Waals surface area contributed by atoms with Crippen molar-refractivity contribution < 1.29 is 4.79 Å². The van der Waals surface area contributed by atoms with E-state index in [9.17, 15) is 4.79 Å². The Morgan fingerprint density at radius 2 is 1.71 bits per heavy atom. The Morgan fingerprint density at radius 3 is 2.24 bits per heavy atom. The summed E-state index contributed by atoms with van der Waals surface area (Å²) in [5.41, 5.74) is 0.337. The lowest BCUT2D eigenvalue weighted by Gasteiger charge is -2.34. The number of carbonyl (C=O) groups excluding carboxylic acids is 1. The molecule has 1 radical (unpaired) electrons. The molecule has 0 aromatic rings. The maximum Gasteiger partial charge on any atom is 0.210 e. The van der Waals surface area contributed by atoms with Gasteiger partial charge in [-0.25, -0.2) is 0 Å². The Bertz CT molecular complexity index is 294. The largest absolute Gasteiger partial charge is 0.320 e. The molecule has 119 valence electrons. The van der Waals surface area contributed by atoms with Crippen LogP contribution in [0, 0.1) is 0 Å². The molecule has 2 nitrogen and oxygen atoms in total. The number of carbonyl (C=O) groups is 1. The van der Waals surface area contributed by atoms with Gasteiger partial charge in [-0.3, -0.25) is 0 Å². The smallest absolute Gasteiger partial charge is 0.210 e. The molecule has 1 aliphatic rings. The summed E-state index contributed by atoms with van der Waals surface area (Å²) in [6.07, 6.45) is 16.1. The second-order valence-corrected chi connectivity index (χ2v) is 6.66. The van der Waals surface area contributed by atoms with Crippen LogP contribution >= 0.6 is 0 Å². The lowest BCUT2D eigenvalue weighted by Crippen LogP contribution is -2.36. The van der Waals surface area contributed by atoms with Crippen molar-refractivity contribution in [1.82, 2.24) is 5.32 Å². The minimum atomic E-state index is 0.0946. The molecule has 0 saturated heterocycles. The highest BCUT2D eigenvalue weighted by Crippen LogP contribution is 2.39. The molecule has 1 aliphatic carbocycles. The second kappa shape index (κ2) is 11.1. The first-order valence-corrected chi connectivity index (χ1v) is 8.87. The Hall–Kier alpha value is -0.565. The third-order valence-electron chi connectivity index (χ3n) is 4.68. The standard InChI is InChI=1S/C18H33BNO/c1-3-4-10-13-17(21)19-18(16-20-2)14-11-8-6-5-7-9-12-15-18/h3,20H,1,4-16H2,2H3. The van der Waals surface area contributed by atoms with E-state index >= 15 is 0 Å². The lowest BCUT2D eigenvalue weighted by molar-refractivity contribution is -0.112. The van der Waals surface area contributed by atoms with Crippen molar-refractivity contribution in [2.45, 2.75) is 82.4 Å². The molecule has 0 amide bonds. The maximum atomic E-state index is 12.3. The van der Waals surface area contributed by atoms with Gasteiger partial charge in [-0.2, -0.15) is 0 Å². The molecule has 1 N–H and O–H groups in total. The van der Waals surface area contributed by atoms with E-state index in [4.69, 9.17) is 0 Å². The Morgan fingerprint density at radius 1 is 1.14 bits per heavy atom. The topological polar surface area (TPSA) is 29.1 Å². The van der Waals surface area contributed by atoms with E-state index in [2.05, 4.69) is 19.2 Å². The third-order valence-corrected chi connectivity index (χ3v) is 4.68. The molecular weight excluding hydrogens is 257 g/mol. The van der Waals surface area contributed by atoms with Crippen molar-refractivity contribution in [3.8, 4) is 0 Å². The molecule has 0 unspecified atom stereocenters. The van der Waals surface area contributed by atoms with Gasteiger partial charge < -0.3 is 10.1 Å². The van der Waals surface area contributed by atoms with Crippen LogP contribution in [0.1, 0.15) is 77.0 Å². The normalized spacial score (nSPS) is 19.7. The van der Waals surface area contributed by atoms with Crippen molar-refractivity contribution in [2.24, 2.45) is 0 Å². The number of rotatable bonds is 8. The molecule has 1 saturated carbocycles. The molecule has 0 aliphatic heterocycles. The first kappa shape index (κ1) is 18.5. The lowest BCUT2D eigenvalue weighted by atomic mass is 9.45. The van der Waals surface area contributed by atoms with E-state index in [1.807, 2.05) is 13.1 Å².